The van der Waals surface area contributed by atoms with Gasteiger partial charge in [-0.05, 0) is 17.7 Å². The number of carbonyl (C=O) groups is 1. The van der Waals surface area contributed by atoms with Crippen LogP contribution in [-0.4, -0.2) is 15.0 Å². The van der Waals surface area contributed by atoms with Crippen LogP contribution >= 0.6 is 0 Å². The molecule has 1 aliphatic rings. The normalized spacial score (nSPS) is 15.6. The van der Waals surface area contributed by atoms with E-state index in [0.717, 1.165) is 5.56 Å². The molecular weight excluding hydrogens is 342 g/mol. The molecule has 0 radical (unpaired) electrons. The fraction of sp³-hybridized carbons (Fsp3) is 0.0952. The van der Waals surface area contributed by atoms with Gasteiger partial charge in [0.25, 0.3) is 17.0 Å². The SMILES string of the molecule is Cn1c(=O)c(=C2C(=O)Nc3ccccc32)n(C)c(=O)c1=Cc1ccccc1. The van der Waals surface area contributed by atoms with Crippen molar-refractivity contribution in [3.05, 3.63) is 97.1 Å². The second-order valence-electron chi connectivity index (χ2n) is 6.39. The Labute approximate surface area is 154 Å². The number of nitrogens with one attached hydrogen (secondary N) is 1. The fourth-order valence-corrected chi connectivity index (χ4v) is 3.32. The fourth-order valence-electron chi connectivity index (χ4n) is 3.32. The van der Waals surface area contributed by atoms with Crippen LogP contribution in [0.25, 0.3) is 11.6 Å². The number of para-hydroxylation sites is 1. The molecule has 134 valence electrons. The van der Waals surface area contributed by atoms with E-state index in [4.69, 9.17) is 0 Å². The molecule has 0 aliphatic carbocycles. The van der Waals surface area contributed by atoms with Gasteiger partial charge in [0.1, 0.15) is 10.7 Å². The van der Waals surface area contributed by atoms with Crippen molar-refractivity contribution >= 4 is 23.2 Å². The Bertz CT molecular complexity index is 1320. The minimum Gasteiger partial charge on any atom is -0.321 e. The monoisotopic (exact) mass is 359 g/mol. The van der Waals surface area contributed by atoms with Gasteiger partial charge in [0.2, 0.25) is 0 Å². The van der Waals surface area contributed by atoms with Crippen molar-refractivity contribution in [3.8, 4) is 0 Å². The van der Waals surface area contributed by atoms with E-state index in [9.17, 15) is 14.4 Å². The van der Waals surface area contributed by atoms with Crippen molar-refractivity contribution in [2.75, 3.05) is 5.32 Å². The van der Waals surface area contributed by atoms with Crippen LogP contribution in [0.3, 0.4) is 0 Å². The largest absolute Gasteiger partial charge is 0.321 e. The summed E-state index contributed by atoms with van der Waals surface area (Å²) in [5, 5.41) is 3.08. The van der Waals surface area contributed by atoms with Gasteiger partial charge in [-0.2, -0.15) is 0 Å². The van der Waals surface area contributed by atoms with Gasteiger partial charge in [0.15, 0.2) is 0 Å². The Morgan fingerprint density at radius 1 is 0.815 bits per heavy atom. The van der Waals surface area contributed by atoms with E-state index in [-0.39, 0.29) is 27.7 Å². The number of carbonyl (C=O) groups excluding carboxylic acids is 1. The summed E-state index contributed by atoms with van der Waals surface area (Å²) in [5.74, 6) is -0.386. The Kier molecular flexibility index (Phi) is 3.88. The second-order valence-corrected chi connectivity index (χ2v) is 6.39. The first kappa shape index (κ1) is 16.8. The Morgan fingerprint density at radius 2 is 1.48 bits per heavy atom. The molecule has 4 rings (SSSR count). The zero-order valence-electron chi connectivity index (χ0n) is 14.9. The first-order valence-corrected chi connectivity index (χ1v) is 8.47. The van der Waals surface area contributed by atoms with Crippen molar-refractivity contribution in [2.24, 2.45) is 14.1 Å². The number of hydrogen-bond donors (Lipinski definition) is 1. The average molecular weight is 359 g/mol. The highest BCUT2D eigenvalue weighted by atomic mass is 16.2. The molecule has 2 heterocycles. The maximum Gasteiger partial charge on any atom is 0.275 e. The summed E-state index contributed by atoms with van der Waals surface area (Å²) in [6.45, 7) is 0. The van der Waals surface area contributed by atoms with E-state index in [1.165, 1.54) is 16.2 Å². The third-order valence-electron chi connectivity index (χ3n) is 4.74. The van der Waals surface area contributed by atoms with Crippen molar-refractivity contribution in [2.45, 2.75) is 0 Å². The van der Waals surface area contributed by atoms with Crippen LogP contribution < -0.4 is 27.1 Å². The molecule has 6 nitrogen and oxygen atoms in total. The predicted molar refractivity (Wildman–Crippen MR) is 104 cm³/mol. The number of aromatic nitrogens is 2. The summed E-state index contributed by atoms with van der Waals surface area (Å²) in [4.78, 5) is 38.6. The lowest BCUT2D eigenvalue weighted by Gasteiger charge is -2.07. The van der Waals surface area contributed by atoms with E-state index < -0.39 is 5.56 Å². The van der Waals surface area contributed by atoms with E-state index in [0.29, 0.717) is 11.3 Å². The van der Waals surface area contributed by atoms with Crippen LogP contribution in [0.15, 0.2) is 64.2 Å². The summed E-state index contributed by atoms with van der Waals surface area (Å²) >= 11 is 0. The Hall–Kier alpha value is -3.67. The number of nitrogens with zero attached hydrogens (tertiary/aromatic N) is 2. The van der Waals surface area contributed by atoms with Gasteiger partial charge in [0, 0.05) is 25.3 Å². The van der Waals surface area contributed by atoms with Crippen molar-refractivity contribution < 1.29 is 4.79 Å². The number of anilines is 1. The van der Waals surface area contributed by atoms with Crippen LogP contribution in [0.1, 0.15) is 11.1 Å². The van der Waals surface area contributed by atoms with Crippen molar-refractivity contribution in [3.63, 3.8) is 0 Å². The van der Waals surface area contributed by atoms with Crippen LogP contribution in [0, 0.1) is 0 Å². The van der Waals surface area contributed by atoms with Gasteiger partial charge in [0.05, 0.1) is 5.57 Å². The summed E-state index contributed by atoms with van der Waals surface area (Å²) < 4.78 is 2.56. The Morgan fingerprint density at radius 3 is 2.22 bits per heavy atom. The molecule has 1 N–H and O–H groups in total. The molecule has 27 heavy (non-hydrogen) atoms. The molecule has 0 unspecified atom stereocenters. The molecule has 3 aromatic rings. The Balaban J connectivity index is 2.14. The van der Waals surface area contributed by atoms with Crippen LogP contribution in [-0.2, 0) is 18.9 Å². The first-order chi connectivity index (χ1) is 13.0. The number of benzene rings is 2. The maximum absolute atomic E-state index is 13.1. The molecule has 1 aliphatic heterocycles. The topological polar surface area (TPSA) is 73.1 Å². The van der Waals surface area contributed by atoms with Crippen LogP contribution in [0.2, 0.25) is 0 Å². The molecule has 0 saturated heterocycles. The number of rotatable bonds is 1. The van der Waals surface area contributed by atoms with Gasteiger partial charge >= 0.3 is 0 Å². The van der Waals surface area contributed by atoms with Gasteiger partial charge in [-0.3, -0.25) is 14.4 Å². The number of amides is 1. The number of hydrogen-bond acceptors (Lipinski definition) is 3. The highest BCUT2D eigenvalue weighted by Crippen LogP contribution is 2.28. The standard InChI is InChI=1S/C21H17N3O3/c1-23-16(12-13-8-4-3-5-9-13)20(26)24(2)18(21(23)27)17-14-10-6-7-11-15(14)22-19(17)25/h3-12H,1-2H3,(H,22,25). The van der Waals surface area contributed by atoms with E-state index in [1.54, 1.807) is 37.4 Å². The summed E-state index contributed by atoms with van der Waals surface area (Å²) in [6, 6.07) is 16.4. The summed E-state index contributed by atoms with van der Waals surface area (Å²) in [5.41, 5.74) is 1.54. The van der Waals surface area contributed by atoms with Gasteiger partial charge in [-0.15, -0.1) is 0 Å². The molecule has 0 fully saturated rings. The van der Waals surface area contributed by atoms with E-state index >= 15 is 0 Å². The lowest BCUT2D eigenvalue weighted by molar-refractivity contribution is -0.110. The van der Waals surface area contributed by atoms with Crippen molar-refractivity contribution in [1.82, 2.24) is 9.13 Å². The third kappa shape index (κ3) is 2.62. The zero-order chi connectivity index (χ0) is 19.1. The second kappa shape index (κ2) is 6.25. The quantitative estimate of drug-likeness (QED) is 0.668. The van der Waals surface area contributed by atoms with Crippen LogP contribution in [0.5, 0.6) is 0 Å². The molecular formula is C21H17N3O3. The lowest BCUT2D eigenvalue weighted by atomic mass is 10.1. The smallest absolute Gasteiger partial charge is 0.275 e. The molecule has 1 amide bonds. The molecule has 0 bridgehead atoms. The van der Waals surface area contributed by atoms with Gasteiger partial charge in [-0.25, -0.2) is 0 Å². The summed E-state index contributed by atoms with van der Waals surface area (Å²) in [7, 11) is 3.06. The van der Waals surface area contributed by atoms with Crippen molar-refractivity contribution in [1.29, 1.82) is 0 Å². The van der Waals surface area contributed by atoms with E-state index in [2.05, 4.69) is 5.32 Å². The predicted octanol–water partition coefficient (Wildman–Crippen LogP) is 0.0639. The van der Waals surface area contributed by atoms with Gasteiger partial charge in [-0.1, -0.05) is 48.5 Å². The first-order valence-electron chi connectivity index (χ1n) is 8.47. The highest BCUT2D eigenvalue weighted by molar-refractivity contribution is 6.31. The molecule has 6 heteroatoms. The zero-order valence-corrected chi connectivity index (χ0v) is 14.9. The minimum atomic E-state index is -0.402. The molecule has 2 aromatic carbocycles. The average Bonchev–Trinajstić information content (AvgIpc) is 3.01. The molecule has 0 spiro atoms. The maximum atomic E-state index is 13.1. The third-order valence-corrected chi connectivity index (χ3v) is 4.74. The van der Waals surface area contributed by atoms with E-state index in [1.807, 2.05) is 30.3 Å². The lowest BCUT2D eigenvalue weighted by Crippen LogP contribution is -2.57. The number of fused-ring (bicyclic) bond motifs is 1. The molecule has 1 aromatic heterocycles. The summed E-state index contributed by atoms with van der Waals surface area (Å²) in [6.07, 6.45) is 1.67. The molecule has 0 saturated carbocycles. The molecule has 0 atom stereocenters. The minimum absolute atomic E-state index is 0.0789. The van der Waals surface area contributed by atoms with Crippen LogP contribution in [0.4, 0.5) is 5.69 Å². The van der Waals surface area contributed by atoms with Gasteiger partial charge < -0.3 is 14.5 Å². The highest BCUT2D eigenvalue weighted by Gasteiger charge is 2.26.